The molecule has 0 rings (SSSR count). The first kappa shape index (κ1) is 23.5. The van der Waals surface area contributed by atoms with Crippen molar-refractivity contribution >= 4 is 29.4 Å². The molecule has 0 aromatic carbocycles. The number of rotatable bonds is 14. The van der Waals surface area contributed by atoms with Gasteiger partial charge in [-0.25, -0.2) is 0 Å². The van der Waals surface area contributed by atoms with Crippen molar-refractivity contribution in [2.75, 3.05) is 54.2 Å². The molecule has 0 aliphatic carbocycles. The largest absolute Gasteiger partial charge is 0.503 e. The topological polar surface area (TPSA) is 55.4 Å². The standard InChI is InChI=1S/C14H34O6SSi2/c1-13(22(15-3,16-4)17-5)9-11-21-12-10-14(2)23(18-6,19-7)20-8/h13-14H,9-12H2,1-8H3. The Kier molecular flexibility index (Phi) is 12.3. The van der Waals surface area contributed by atoms with E-state index in [1.807, 2.05) is 11.8 Å². The van der Waals surface area contributed by atoms with E-state index >= 15 is 0 Å². The molecule has 23 heavy (non-hydrogen) atoms. The summed E-state index contributed by atoms with van der Waals surface area (Å²) in [5, 5.41) is 0. The van der Waals surface area contributed by atoms with Gasteiger partial charge in [0, 0.05) is 53.7 Å². The highest BCUT2D eigenvalue weighted by atomic mass is 32.2. The van der Waals surface area contributed by atoms with Gasteiger partial charge in [0.1, 0.15) is 0 Å². The first-order chi connectivity index (χ1) is 10.9. The summed E-state index contributed by atoms with van der Waals surface area (Å²) in [5.74, 6) is 2.08. The lowest BCUT2D eigenvalue weighted by molar-refractivity contribution is 0.112. The van der Waals surface area contributed by atoms with Gasteiger partial charge in [0.25, 0.3) is 0 Å². The summed E-state index contributed by atoms with van der Waals surface area (Å²) in [5.41, 5.74) is 0.552. The Balaban J connectivity index is 4.18. The van der Waals surface area contributed by atoms with Crippen LogP contribution >= 0.6 is 11.8 Å². The van der Waals surface area contributed by atoms with E-state index < -0.39 is 17.6 Å². The van der Waals surface area contributed by atoms with Crippen LogP contribution in [0.3, 0.4) is 0 Å². The van der Waals surface area contributed by atoms with Crippen LogP contribution in [0.1, 0.15) is 26.7 Å². The molecule has 0 saturated carbocycles. The molecule has 0 spiro atoms. The van der Waals surface area contributed by atoms with Crippen LogP contribution in [0.15, 0.2) is 0 Å². The Morgan fingerprint density at radius 1 is 0.609 bits per heavy atom. The number of thioether (sulfide) groups is 1. The molecule has 140 valence electrons. The fourth-order valence-electron chi connectivity index (χ4n) is 2.68. The van der Waals surface area contributed by atoms with E-state index in [1.54, 1.807) is 42.7 Å². The monoisotopic (exact) mass is 386 g/mol. The molecule has 0 aliphatic heterocycles. The summed E-state index contributed by atoms with van der Waals surface area (Å²) in [6, 6.07) is 0. The second kappa shape index (κ2) is 12.0. The zero-order valence-electron chi connectivity index (χ0n) is 15.8. The fraction of sp³-hybridized carbons (Fsp3) is 1.00. The Morgan fingerprint density at radius 2 is 0.870 bits per heavy atom. The van der Waals surface area contributed by atoms with Gasteiger partial charge in [0.15, 0.2) is 0 Å². The van der Waals surface area contributed by atoms with Crippen LogP contribution in [0.4, 0.5) is 0 Å². The summed E-state index contributed by atoms with van der Waals surface area (Å²) >= 11 is 1.92. The van der Waals surface area contributed by atoms with E-state index in [9.17, 15) is 0 Å². The summed E-state index contributed by atoms with van der Waals surface area (Å²) in [6.07, 6.45) is 2.00. The van der Waals surface area contributed by atoms with E-state index in [1.165, 1.54) is 0 Å². The van der Waals surface area contributed by atoms with E-state index in [0.29, 0.717) is 0 Å². The Labute approximate surface area is 148 Å². The highest BCUT2D eigenvalue weighted by Crippen LogP contribution is 2.31. The van der Waals surface area contributed by atoms with Crippen LogP contribution in [0.2, 0.25) is 11.1 Å². The second-order valence-corrected chi connectivity index (χ2v) is 13.5. The zero-order valence-corrected chi connectivity index (χ0v) is 18.7. The Hall–Kier alpha value is 0.544. The molecule has 0 radical (unpaired) electrons. The van der Waals surface area contributed by atoms with E-state index in [2.05, 4.69) is 13.8 Å². The third kappa shape index (κ3) is 6.40. The minimum atomic E-state index is -2.52. The normalized spacial score (nSPS) is 15.7. The molecule has 0 amide bonds. The molecule has 9 heteroatoms. The average molecular weight is 387 g/mol. The van der Waals surface area contributed by atoms with Gasteiger partial charge in [-0.3, -0.25) is 0 Å². The van der Waals surface area contributed by atoms with E-state index in [-0.39, 0.29) is 11.1 Å². The van der Waals surface area contributed by atoms with Crippen LogP contribution in [0.5, 0.6) is 0 Å². The highest BCUT2D eigenvalue weighted by molar-refractivity contribution is 7.99. The molecular weight excluding hydrogens is 352 g/mol. The first-order valence-electron chi connectivity index (χ1n) is 7.80. The van der Waals surface area contributed by atoms with E-state index in [4.69, 9.17) is 26.6 Å². The van der Waals surface area contributed by atoms with Gasteiger partial charge in [-0.2, -0.15) is 11.8 Å². The molecule has 2 atom stereocenters. The molecule has 0 heterocycles. The quantitative estimate of drug-likeness (QED) is 0.336. The minimum absolute atomic E-state index is 0.276. The SMILES string of the molecule is CO[Si](OC)(OC)C(C)CCSCCC(C)[Si](OC)(OC)OC. The van der Waals surface area contributed by atoms with Crippen LogP contribution < -0.4 is 0 Å². The Bertz CT molecular complexity index is 258. The maximum atomic E-state index is 5.52. The third-order valence-electron chi connectivity index (χ3n) is 4.30. The lowest BCUT2D eigenvalue weighted by atomic mass is 10.4. The van der Waals surface area contributed by atoms with Gasteiger partial charge in [0.2, 0.25) is 0 Å². The molecule has 0 aliphatic rings. The first-order valence-corrected chi connectivity index (χ1v) is 12.6. The molecule has 6 nitrogen and oxygen atoms in total. The summed E-state index contributed by atoms with van der Waals surface area (Å²) < 4.78 is 33.1. The van der Waals surface area contributed by atoms with Crippen molar-refractivity contribution in [1.29, 1.82) is 0 Å². The summed E-state index contributed by atoms with van der Waals surface area (Å²) in [6.45, 7) is 4.26. The minimum Gasteiger partial charge on any atom is -0.377 e. The van der Waals surface area contributed by atoms with Crippen molar-refractivity contribution in [1.82, 2.24) is 0 Å². The van der Waals surface area contributed by atoms with Gasteiger partial charge in [0.05, 0.1) is 0 Å². The van der Waals surface area contributed by atoms with Crippen molar-refractivity contribution in [3.05, 3.63) is 0 Å². The molecule has 0 aromatic rings. The van der Waals surface area contributed by atoms with Crippen LogP contribution in [-0.4, -0.2) is 71.8 Å². The zero-order chi connectivity index (χ0) is 17.9. The maximum Gasteiger partial charge on any atom is 0.503 e. The molecule has 0 saturated heterocycles. The molecule has 2 unspecified atom stereocenters. The van der Waals surface area contributed by atoms with Crippen molar-refractivity contribution in [3.8, 4) is 0 Å². The van der Waals surface area contributed by atoms with E-state index in [0.717, 1.165) is 24.3 Å². The van der Waals surface area contributed by atoms with Gasteiger partial charge in [-0.1, -0.05) is 13.8 Å². The lowest BCUT2D eigenvalue weighted by Gasteiger charge is -2.30. The predicted octanol–water partition coefficient (Wildman–Crippen LogP) is 3.04. The number of hydrogen-bond donors (Lipinski definition) is 0. The lowest BCUT2D eigenvalue weighted by Crippen LogP contribution is -2.47. The fourth-order valence-corrected chi connectivity index (χ4v) is 8.76. The van der Waals surface area contributed by atoms with Crippen molar-refractivity contribution in [2.24, 2.45) is 0 Å². The van der Waals surface area contributed by atoms with Crippen LogP contribution in [0, 0.1) is 0 Å². The molecule has 0 aromatic heterocycles. The van der Waals surface area contributed by atoms with Crippen molar-refractivity contribution in [2.45, 2.75) is 37.8 Å². The van der Waals surface area contributed by atoms with Gasteiger partial charge in [-0.05, 0) is 24.3 Å². The summed E-state index contributed by atoms with van der Waals surface area (Å²) in [4.78, 5) is 0. The molecular formula is C14H34O6SSi2. The molecule has 0 bridgehead atoms. The Morgan fingerprint density at radius 3 is 1.09 bits per heavy atom. The van der Waals surface area contributed by atoms with Gasteiger partial charge in [-0.15, -0.1) is 0 Å². The highest BCUT2D eigenvalue weighted by Gasteiger charge is 2.45. The second-order valence-electron chi connectivity index (χ2n) is 5.42. The van der Waals surface area contributed by atoms with Gasteiger partial charge >= 0.3 is 17.6 Å². The van der Waals surface area contributed by atoms with Crippen LogP contribution in [-0.2, 0) is 26.6 Å². The number of hydrogen-bond acceptors (Lipinski definition) is 7. The third-order valence-corrected chi connectivity index (χ3v) is 11.8. The smallest absolute Gasteiger partial charge is 0.377 e. The average Bonchev–Trinajstić information content (AvgIpc) is 2.58. The van der Waals surface area contributed by atoms with Crippen LogP contribution in [0.25, 0.3) is 0 Å². The maximum absolute atomic E-state index is 5.52. The molecule has 0 N–H and O–H groups in total. The predicted molar refractivity (Wildman–Crippen MR) is 99.0 cm³/mol. The molecule has 0 fully saturated rings. The van der Waals surface area contributed by atoms with Crippen molar-refractivity contribution in [3.63, 3.8) is 0 Å². The van der Waals surface area contributed by atoms with Gasteiger partial charge < -0.3 is 26.6 Å². The van der Waals surface area contributed by atoms with Crippen molar-refractivity contribution < 1.29 is 26.6 Å². The summed E-state index contributed by atoms with van der Waals surface area (Å²) in [7, 11) is 4.94.